The number of aliphatic hydroxyl groups excluding tert-OH is 2. The van der Waals surface area contributed by atoms with Crippen LogP contribution >= 0.6 is 0 Å². The van der Waals surface area contributed by atoms with E-state index in [1.54, 1.807) is 19.3 Å². The molecule has 0 aliphatic rings. The van der Waals surface area contributed by atoms with Crippen molar-refractivity contribution in [3.63, 3.8) is 0 Å². The molecule has 2 heterocycles. The van der Waals surface area contributed by atoms with Crippen molar-refractivity contribution in [2.24, 2.45) is 0 Å². The van der Waals surface area contributed by atoms with Crippen LogP contribution in [0.4, 0.5) is 0 Å². The number of nitrogens with zero attached hydrogens (tertiary/aromatic N) is 2. The zero-order chi connectivity index (χ0) is 28.8. The first-order valence-electron chi connectivity index (χ1n) is 13.4. The molecule has 0 saturated carbocycles. The molecule has 4 rings (SSSR count). The number of hydrogen-bond donors (Lipinski definition) is 2. The molecular formula is C34H38IrN2O4-2. The molecule has 0 amide bonds. The van der Waals surface area contributed by atoms with Crippen LogP contribution in [0, 0.1) is 12.1 Å². The first-order valence-corrected chi connectivity index (χ1v) is 13.4. The summed E-state index contributed by atoms with van der Waals surface area (Å²) in [7, 11) is 0. The van der Waals surface area contributed by atoms with Crippen molar-refractivity contribution in [3.05, 3.63) is 122 Å². The minimum atomic E-state index is -0.455. The Kier molecular flexibility index (Phi) is 19.3. The predicted molar refractivity (Wildman–Crippen MR) is 159 cm³/mol. The van der Waals surface area contributed by atoms with Gasteiger partial charge in [-0.15, -0.1) is 71.8 Å². The van der Waals surface area contributed by atoms with Gasteiger partial charge in [0.15, 0.2) is 0 Å². The number of hydrogen-bond acceptors (Lipinski definition) is 6. The van der Waals surface area contributed by atoms with Crippen LogP contribution in [0.3, 0.4) is 0 Å². The van der Waals surface area contributed by atoms with Crippen molar-refractivity contribution < 1.29 is 39.8 Å². The van der Waals surface area contributed by atoms with Crippen molar-refractivity contribution in [2.45, 2.75) is 51.2 Å². The van der Waals surface area contributed by atoms with Crippen molar-refractivity contribution in [1.82, 2.24) is 9.97 Å². The topological polar surface area (TPSA) is 92.5 Å². The van der Waals surface area contributed by atoms with Gasteiger partial charge in [0.1, 0.15) is 0 Å². The predicted octanol–water partition coefficient (Wildman–Crippen LogP) is 6.50. The SMILES string of the molecule is C=CC(=O)OCCCCCC(O)CC(C)O.[Ir].[c-]1ccccc1-c1ccccn1.[c-]1ccccc1-c1ccccn1. The van der Waals surface area contributed by atoms with Gasteiger partial charge in [-0.1, -0.05) is 37.3 Å². The number of carbonyl (C=O) groups excluding carboxylic acids is 1. The van der Waals surface area contributed by atoms with Gasteiger partial charge in [0.05, 0.1) is 18.8 Å². The van der Waals surface area contributed by atoms with E-state index in [0.717, 1.165) is 47.9 Å². The fraction of sp³-hybridized carbons (Fsp3) is 0.265. The van der Waals surface area contributed by atoms with Crippen LogP contribution in [0.1, 0.15) is 39.0 Å². The second-order valence-electron chi connectivity index (χ2n) is 8.94. The fourth-order valence-corrected chi connectivity index (χ4v) is 3.55. The van der Waals surface area contributed by atoms with E-state index in [1.807, 2.05) is 84.9 Å². The smallest absolute Gasteiger partial charge is 0.330 e. The number of pyridine rings is 2. The molecule has 41 heavy (non-hydrogen) atoms. The van der Waals surface area contributed by atoms with Crippen LogP contribution in [-0.4, -0.2) is 45.0 Å². The van der Waals surface area contributed by atoms with Crippen LogP contribution in [0.2, 0.25) is 0 Å². The van der Waals surface area contributed by atoms with Gasteiger partial charge >= 0.3 is 5.97 Å². The fourth-order valence-electron chi connectivity index (χ4n) is 3.55. The molecule has 6 nitrogen and oxygen atoms in total. The first kappa shape index (κ1) is 35.5. The van der Waals surface area contributed by atoms with E-state index in [9.17, 15) is 9.90 Å². The van der Waals surface area contributed by atoms with E-state index in [4.69, 9.17) is 9.84 Å². The number of carbonyl (C=O) groups is 1. The molecule has 2 N–H and O–H groups in total. The van der Waals surface area contributed by atoms with E-state index >= 15 is 0 Å². The second kappa shape index (κ2) is 22.2. The van der Waals surface area contributed by atoms with Gasteiger partial charge in [0.25, 0.3) is 0 Å². The van der Waals surface area contributed by atoms with Gasteiger partial charge in [-0.3, -0.25) is 0 Å². The molecule has 1 radical (unpaired) electrons. The Morgan fingerprint density at radius 2 is 1.39 bits per heavy atom. The number of unbranched alkanes of at least 4 members (excludes halogenated alkanes) is 2. The molecule has 7 heteroatoms. The van der Waals surface area contributed by atoms with Crippen molar-refractivity contribution in [3.8, 4) is 22.5 Å². The average Bonchev–Trinajstić information content (AvgIpc) is 3.01. The normalized spacial score (nSPS) is 11.2. The van der Waals surface area contributed by atoms with Gasteiger partial charge in [0, 0.05) is 38.6 Å². The number of benzene rings is 2. The molecule has 0 fully saturated rings. The van der Waals surface area contributed by atoms with Crippen LogP contribution in [0.15, 0.2) is 110 Å². The van der Waals surface area contributed by atoms with Gasteiger partial charge in [-0.2, -0.15) is 0 Å². The van der Waals surface area contributed by atoms with Gasteiger partial charge in [-0.25, -0.2) is 4.79 Å². The molecule has 0 bridgehead atoms. The summed E-state index contributed by atoms with van der Waals surface area (Å²) in [6.45, 7) is 5.36. The van der Waals surface area contributed by atoms with Crippen molar-refractivity contribution in [1.29, 1.82) is 0 Å². The van der Waals surface area contributed by atoms with Gasteiger partial charge in [0.2, 0.25) is 0 Å². The number of rotatable bonds is 11. The van der Waals surface area contributed by atoms with E-state index in [-0.39, 0.29) is 20.1 Å². The maximum atomic E-state index is 10.7. The van der Waals surface area contributed by atoms with E-state index in [1.165, 1.54) is 0 Å². The van der Waals surface area contributed by atoms with Crippen LogP contribution < -0.4 is 0 Å². The van der Waals surface area contributed by atoms with Crippen LogP contribution in [0.25, 0.3) is 22.5 Å². The quantitative estimate of drug-likeness (QED) is 0.0793. The summed E-state index contributed by atoms with van der Waals surface area (Å²) in [6.07, 6.45) is 7.51. The molecule has 4 aromatic rings. The molecule has 219 valence electrons. The van der Waals surface area contributed by atoms with E-state index in [0.29, 0.717) is 19.4 Å². The Labute approximate surface area is 257 Å². The summed E-state index contributed by atoms with van der Waals surface area (Å²) < 4.78 is 4.80. The number of esters is 1. The van der Waals surface area contributed by atoms with E-state index in [2.05, 4.69) is 28.7 Å². The Hall–Kier alpha value is -3.48. The molecule has 2 aromatic heterocycles. The first-order chi connectivity index (χ1) is 19.5. The minimum absolute atomic E-state index is 0. The van der Waals surface area contributed by atoms with Gasteiger partial charge < -0.3 is 24.9 Å². The Morgan fingerprint density at radius 1 is 0.854 bits per heavy atom. The largest absolute Gasteiger partial charge is 0.463 e. The molecule has 2 unspecified atom stereocenters. The molecule has 0 aliphatic carbocycles. The molecule has 0 spiro atoms. The average molecular weight is 731 g/mol. The van der Waals surface area contributed by atoms with Crippen LogP contribution in [0.5, 0.6) is 0 Å². The van der Waals surface area contributed by atoms with Gasteiger partial charge in [-0.05, 0) is 56.1 Å². The molecule has 2 atom stereocenters. The Morgan fingerprint density at radius 3 is 1.80 bits per heavy atom. The standard InChI is InChI=1S/C12H22O4.2C11H8N.Ir/c1-3-12(15)16-8-6-4-5-7-11(14)9-10(2)13;2*1-2-6-10(7-3-1)11-8-4-5-9-12-11;/h3,10-11,13-14H,1,4-9H2,2H3;2*1-6,8-9H;/q;2*-1;. The summed E-state index contributed by atoms with van der Waals surface area (Å²) in [6, 6.07) is 33.6. The third-order valence-corrected chi connectivity index (χ3v) is 5.51. The third-order valence-electron chi connectivity index (χ3n) is 5.51. The third kappa shape index (κ3) is 16.4. The Bertz CT molecular complexity index is 1040. The number of aliphatic hydroxyl groups is 2. The monoisotopic (exact) mass is 731 g/mol. The number of ether oxygens (including phenoxy) is 1. The summed E-state index contributed by atoms with van der Waals surface area (Å²) >= 11 is 0. The zero-order valence-electron chi connectivity index (χ0n) is 23.4. The summed E-state index contributed by atoms with van der Waals surface area (Å²) in [4.78, 5) is 19.1. The second-order valence-corrected chi connectivity index (χ2v) is 8.94. The summed E-state index contributed by atoms with van der Waals surface area (Å²) in [5.41, 5.74) is 4.02. The summed E-state index contributed by atoms with van der Waals surface area (Å²) in [5, 5.41) is 18.5. The van der Waals surface area contributed by atoms with E-state index < -0.39 is 18.2 Å². The molecule has 0 saturated heterocycles. The van der Waals surface area contributed by atoms with Crippen LogP contribution in [-0.2, 0) is 29.6 Å². The maximum absolute atomic E-state index is 10.7. The molecule has 0 aliphatic heterocycles. The summed E-state index contributed by atoms with van der Waals surface area (Å²) in [5.74, 6) is -0.394. The van der Waals surface area contributed by atoms with Crippen molar-refractivity contribution >= 4 is 5.97 Å². The maximum Gasteiger partial charge on any atom is 0.330 e. The Balaban J connectivity index is 0.000000307. The molecule has 2 aromatic carbocycles. The number of aromatic nitrogens is 2. The van der Waals surface area contributed by atoms with Crippen molar-refractivity contribution in [2.75, 3.05) is 6.61 Å². The minimum Gasteiger partial charge on any atom is -0.463 e. The molecular weight excluding hydrogens is 693 g/mol. The zero-order valence-corrected chi connectivity index (χ0v) is 25.8.